The lowest BCUT2D eigenvalue weighted by Crippen LogP contribution is -2.54. The Morgan fingerprint density at radius 1 is 0.676 bits per heavy atom. The summed E-state index contributed by atoms with van der Waals surface area (Å²) >= 11 is 0. The van der Waals surface area contributed by atoms with Crippen LogP contribution in [0.15, 0.2) is 51.6 Å². The number of nitrogens with one attached hydrogen (secondary N) is 3. The number of aromatic nitrogens is 2. The number of carbonyl (C=O) groups is 5. The van der Waals surface area contributed by atoms with Gasteiger partial charge in [-0.1, -0.05) is 25.7 Å². The number of halogens is 3. The number of alkyl halides is 3. The molecule has 2 aromatic rings. The standard InChI is InChI=1S/C46H70F3N9O10/c1-42(2,3)65-38(60)52-32-29-51-34(58(30-32)41(63)68-45(10,11)12)31-19-21-33(22-20-31)64-28-27-57-26-25-56(37(57)53-35(59)46(47,48)49)24-18-16-14-13-15-17-23-50-36(54-39(61)66-43(4,5)6)55-40(62)67-44(7,8)9/h19-22,25-26,32H,13-18,23-24,27-30H2,1-12H3,(H,52,60)(H2,50,54,55,61,62). The number of ether oxygens (including phenoxy) is 5. The maximum absolute atomic E-state index is 13.4. The third-order valence-electron chi connectivity index (χ3n) is 8.87. The zero-order valence-electron chi connectivity index (χ0n) is 41.4. The fraction of sp³-hybridized carbons (Fsp3) is 0.652. The number of hydrogen-bond donors (Lipinski definition) is 3. The lowest BCUT2D eigenvalue weighted by atomic mass is 10.1. The minimum atomic E-state index is -5.16. The van der Waals surface area contributed by atoms with Crippen molar-refractivity contribution in [2.45, 2.75) is 169 Å². The molecule has 1 aliphatic heterocycles. The number of amides is 5. The molecule has 2 heterocycles. The molecule has 1 atom stereocenters. The van der Waals surface area contributed by atoms with Crippen LogP contribution in [0.2, 0.25) is 0 Å². The van der Waals surface area contributed by atoms with Gasteiger partial charge >= 0.3 is 36.5 Å². The van der Waals surface area contributed by atoms with Gasteiger partial charge in [-0.2, -0.15) is 18.2 Å². The molecule has 0 saturated heterocycles. The third kappa shape index (κ3) is 21.7. The summed E-state index contributed by atoms with van der Waals surface area (Å²) in [5.74, 6) is -1.58. The number of aliphatic imine (C=N–C) groups is 2. The van der Waals surface area contributed by atoms with E-state index in [2.05, 4.69) is 30.9 Å². The molecule has 1 aromatic heterocycles. The molecular formula is C46H70F3N9O10. The molecule has 0 aliphatic carbocycles. The second-order valence-corrected chi connectivity index (χ2v) is 20.0. The van der Waals surface area contributed by atoms with Gasteiger partial charge in [0.15, 0.2) is 0 Å². The first-order valence-corrected chi connectivity index (χ1v) is 22.6. The maximum atomic E-state index is 13.4. The molecule has 3 rings (SSSR count). The van der Waals surface area contributed by atoms with Gasteiger partial charge in [-0.3, -0.25) is 30.3 Å². The predicted molar refractivity (Wildman–Crippen MR) is 247 cm³/mol. The van der Waals surface area contributed by atoms with Crippen LogP contribution in [0.3, 0.4) is 0 Å². The van der Waals surface area contributed by atoms with Crippen LogP contribution in [0.5, 0.6) is 5.75 Å². The van der Waals surface area contributed by atoms with E-state index in [-0.39, 0.29) is 37.8 Å². The summed E-state index contributed by atoms with van der Waals surface area (Å²) in [6.45, 7) is 21.6. The highest BCUT2D eigenvalue weighted by atomic mass is 19.4. The monoisotopic (exact) mass is 966 g/mol. The summed E-state index contributed by atoms with van der Waals surface area (Å²) in [6.07, 6.45) is -0.542. The van der Waals surface area contributed by atoms with E-state index in [0.717, 1.165) is 25.7 Å². The second-order valence-electron chi connectivity index (χ2n) is 20.0. The number of carbonyl (C=O) groups excluding carboxylic acids is 5. The predicted octanol–water partition coefficient (Wildman–Crippen LogP) is 7.99. The largest absolute Gasteiger partial charge is 0.492 e. The van der Waals surface area contributed by atoms with Crippen LogP contribution in [-0.2, 0) is 36.8 Å². The van der Waals surface area contributed by atoms with Crippen molar-refractivity contribution in [1.29, 1.82) is 0 Å². The van der Waals surface area contributed by atoms with Gasteiger partial charge in [-0.25, -0.2) is 19.2 Å². The smallest absolute Gasteiger partial charge is 0.473 e. The van der Waals surface area contributed by atoms with E-state index in [1.54, 1.807) is 114 Å². The third-order valence-corrected chi connectivity index (χ3v) is 8.87. The Bertz CT molecular complexity index is 2120. The Labute approximate surface area is 396 Å². The van der Waals surface area contributed by atoms with Gasteiger partial charge in [0.05, 0.1) is 25.7 Å². The number of guanidine groups is 1. The highest BCUT2D eigenvalue weighted by Crippen LogP contribution is 2.21. The van der Waals surface area contributed by atoms with Crippen molar-refractivity contribution in [2.75, 3.05) is 26.2 Å². The number of aryl methyl sites for hydroxylation is 1. The Kier molecular flexibility index (Phi) is 20.1. The Balaban J connectivity index is 1.59. The van der Waals surface area contributed by atoms with Crippen molar-refractivity contribution in [1.82, 2.24) is 30.0 Å². The maximum Gasteiger partial charge on any atom is 0.473 e. The minimum absolute atomic E-state index is 0.0133. The number of hydrogen-bond acceptors (Lipinski definition) is 12. The highest BCUT2D eigenvalue weighted by molar-refractivity contribution is 6.07. The van der Waals surface area contributed by atoms with Crippen LogP contribution < -0.4 is 26.3 Å². The minimum Gasteiger partial charge on any atom is -0.492 e. The Hall–Kier alpha value is -6.09. The SMILES string of the molecule is CC(C)(C)OC(=O)NC(=NCCCCCCCCn1ccn(CCOc2ccc(C3=NCC(NC(=O)OC(C)(C)C)CN3C(=O)OC(C)(C)C)cc2)c1=NC(=O)C(F)(F)F)NC(=O)OC(C)(C)C. The second kappa shape index (κ2) is 24.3. The molecule has 0 spiro atoms. The van der Waals surface area contributed by atoms with Crippen LogP contribution in [0.4, 0.5) is 32.3 Å². The van der Waals surface area contributed by atoms with Crippen molar-refractivity contribution in [3.63, 3.8) is 0 Å². The van der Waals surface area contributed by atoms with Gasteiger partial charge in [-0.05, 0) is 120 Å². The summed E-state index contributed by atoms with van der Waals surface area (Å²) in [4.78, 5) is 76.2. The molecule has 0 bridgehead atoms. The fourth-order valence-electron chi connectivity index (χ4n) is 6.19. The van der Waals surface area contributed by atoms with Crippen LogP contribution >= 0.6 is 0 Å². The van der Waals surface area contributed by atoms with E-state index >= 15 is 0 Å². The number of nitrogens with zero attached hydrogens (tertiary/aromatic N) is 6. The number of imidazole rings is 1. The van der Waals surface area contributed by atoms with Gasteiger partial charge < -0.3 is 38.1 Å². The van der Waals surface area contributed by atoms with Gasteiger partial charge in [0.25, 0.3) is 0 Å². The quantitative estimate of drug-likeness (QED) is 0.0676. The Morgan fingerprint density at radius 2 is 1.18 bits per heavy atom. The van der Waals surface area contributed by atoms with E-state index in [9.17, 15) is 37.1 Å². The number of unbranched alkanes of at least 4 members (excludes halogenated alkanes) is 5. The van der Waals surface area contributed by atoms with Crippen LogP contribution in [0, 0.1) is 0 Å². The average Bonchev–Trinajstić information content (AvgIpc) is 3.54. The summed E-state index contributed by atoms with van der Waals surface area (Å²) in [7, 11) is 0. The summed E-state index contributed by atoms with van der Waals surface area (Å²) in [5.41, 5.74) is -2.66. The average molecular weight is 966 g/mol. The molecule has 0 fully saturated rings. The molecule has 22 heteroatoms. The van der Waals surface area contributed by atoms with Crippen molar-refractivity contribution in [3.8, 4) is 5.75 Å². The summed E-state index contributed by atoms with van der Waals surface area (Å²) in [6, 6.07) is 6.16. The van der Waals surface area contributed by atoms with E-state index in [0.29, 0.717) is 43.1 Å². The molecule has 5 amide bonds. The molecular weight excluding hydrogens is 896 g/mol. The van der Waals surface area contributed by atoms with E-state index in [1.165, 1.54) is 20.2 Å². The van der Waals surface area contributed by atoms with Gasteiger partial charge in [0, 0.05) is 31.0 Å². The zero-order chi connectivity index (χ0) is 51.1. The van der Waals surface area contributed by atoms with Crippen LogP contribution in [0.25, 0.3) is 0 Å². The molecule has 68 heavy (non-hydrogen) atoms. The first-order valence-electron chi connectivity index (χ1n) is 22.6. The lowest BCUT2D eigenvalue weighted by molar-refractivity contribution is -0.169. The summed E-state index contributed by atoms with van der Waals surface area (Å²) < 4.78 is 70.5. The topological polar surface area (TPSA) is 218 Å². The lowest BCUT2D eigenvalue weighted by Gasteiger charge is -2.34. The van der Waals surface area contributed by atoms with Crippen molar-refractivity contribution in [3.05, 3.63) is 47.8 Å². The zero-order valence-corrected chi connectivity index (χ0v) is 41.4. The number of amidine groups is 1. The van der Waals surface area contributed by atoms with Crippen LogP contribution in [0.1, 0.15) is 127 Å². The molecule has 0 saturated carbocycles. The van der Waals surface area contributed by atoms with E-state index < -0.39 is 64.9 Å². The van der Waals surface area contributed by atoms with Crippen molar-refractivity contribution >= 4 is 42.1 Å². The highest BCUT2D eigenvalue weighted by Gasteiger charge is 2.39. The van der Waals surface area contributed by atoms with Crippen LogP contribution in [-0.4, -0.2) is 117 Å². The normalized spacial score (nSPS) is 14.9. The van der Waals surface area contributed by atoms with Gasteiger partial charge in [0.1, 0.15) is 40.6 Å². The molecule has 380 valence electrons. The molecule has 19 nitrogen and oxygen atoms in total. The molecule has 3 N–H and O–H groups in total. The van der Waals surface area contributed by atoms with E-state index in [4.69, 9.17) is 23.7 Å². The molecule has 1 unspecified atom stereocenters. The first kappa shape index (κ1) is 56.2. The first-order chi connectivity index (χ1) is 31.4. The Morgan fingerprint density at radius 3 is 1.71 bits per heavy atom. The number of rotatable bonds is 15. The fourth-order valence-corrected chi connectivity index (χ4v) is 6.19. The molecule has 1 aromatic carbocycles. The number of alkyl carbamates (subject to hydrolysis) is 3. The summed E-state index contributed by atoms with van der Waals surface area (Å²) in [5, 5.41) is 7.65. The van der Waals surface area contributed by atoms with Gasteiger partial charge in [-0.15, -0.1) is 0 Å². The van der Waals surface area contributed by atoms with Crippen molar-refractivity contribution < 1.29 is 60.8 Å². The number of benzene rings is 1. The van der Waals surface area contributed by atoms with Crippen molar-refractivity contribution in [2.24, 2.45) is 15.0 Å². The van der Waals surface area contributed by atoms with E-state index in [1.807, 2.05) is 0 Å². The molecule has 1 aliphatic rings. The van der Waals surface area contributed by atoms with Gasteiger partial charge in [0.2, 0.25) is 11.6 Å². The molecule has 0 radical (unpaired) electrons.